The molecular weight excluding hydrogens is 416 g/mol. The smallest absolute Gasteiger partial charge is 0.307 e. The Morgan fingerprint density at radius 2 is 1.61 bits per heavy atom. The number of carbonyl (C=O) groups is 1. The van der Waals surface area contributed by atoms with Gasteiger partial charge in [-0.1, -0.05) is 71.9 Å². The number of hydrogen-bond acceptors (Lipinski definition) is 5. The van der Waals surface area contributed by atoms with E-state index in [0.29, 0.717) is 18.9 Å². The number of benzene rings is 3. The molecule has 1 N–H and O–H groups in total. The van der Waals surface area contributed by atoms with Crippen LogP contribution in [0.15, 0.2) is 78.0 Å². The second-order valence-corrected chi connectivity index (χ2v) is 8.01. The highest BCUT2D eigenvalue weighted by Gasteiger charge is 2.09. The molecule has 0 bridgehead atoms. The fourth-order valence-electron chi connectivity index (χ4n) is 3.44. The molecule has 0 spiro atoms. The number of hydrogen-bond donors (Lipinski definition) is 1. The van der Waals surface area contributed by atoms with Crippen molar-refractivity contribution < 1.29 is 19.5 Å². The molecule has 0 aliphatic carbocycles. The Labute approximate surface area is 195 Å². The van der Waals surface area contributed by atoms with Crippen molar-refractivity contribution in [3.8, 4) is 16.9 Å². The van der Waals surface area contributed by atoms with Crippen molar-refractivity contribution in [3.05, 3.63) is 89.5 Å². The largest absolute Gasteiger partial charge is 0.490 e. The van der Waals surface area contributed by atoms with Crippen molar-refractivity contribution in [1.29, 1.82) is 0 Å². The number of ether oxygens (including phenoxy) is 1. The van der Waals surface area contributed by atoms with E-state index >= 15 is 0 Å². The van der Waals surface area contributed by atoms with Crippen molar-refractivity contribution in [2.45, 2.75) is 13.3 Å². The van der Waals surface area contributed by atoms with Gasteiger partial charge in [-0.25, -0.2) is 0 Å². The predicted octanol–water partition coefficient (Wildman–Crippen LogP) is 4.65. The fraction of sp³-hybridized carbons (Fsp3) is 0.259. The van der Waals surface area contributed by atoms with Gasteiger partial charge in [0.25, 0.3) is 0 Å². The summed E-state index contributed by atoms with van der Waals surface area (Å²) in [6, 6.07) is 24.0. The Morgan fingerprint density at radius 1 is 0.909 bits per heavy atom. The van der Waals surface area contributed by atoms with Crippen LogP contribution in [0.5, 0.6) is 5.75 Å². The maximum atomic E-state index is 11.0. The average molecular weight is 447 g/mol. The average Bonchev–Trinajstić information content (AvgIpc) is 2.80. The third-order valence-corrected chi connectivity index (χ3v) is 5.14. The van der Waals surface area contributed by atoms with E-state index in [1.165, 1.54) is 5.56 Å². The monoisotopic (exact) mass is 446 g/mol. The van der Waals surface area contributed by atoms with Crippen LogP contribution in [-0.2, 0) is 16.1 Å². The second kappa shape index (κ2) is 11.8. The summed E-state index contributed by atoms with van der Waals surface area (Å²) in [6.45, 7) is 3.09. The third kappa shape index (κ3) is 7.19. The molecule has 0 fully saturated rings. The van der Waals surface area contributed by atoms with E-state index in [-0.39, 0.29) is 13.0 Å². The van der Waals surface area contributed by atoms with Gasteiger partial charge in [-0.2, -0.15) is 0 Å². The molecule has 0 heterocycles. The zero-order valence-corrected chi connectivity index (χ0v) is 19.3. The fourth-order valence-corrected chi connectivity index (χ4v) is 3.44. The summed E-state index contributed by atoms with van der Waals surface area (Å²) >= 11 is 0. The summed E-state index contributed by atoms with van der Waals surface area (Å²) in [7, 11) is 3.98. The van der Waals surface area contributed by atoms with Crippen molar-refractivity contribution in [1.82, 2.24) is 4.90 Å². The summed E-state index contributed by atoms with van der Waals surface area (Å²) in [4.78, 5) is 18.6. The number of carboxylic acid groups (broad SMARTS) is 1. The molecule has 6 nitrogen and oxygen atoms in total. The molecule has 172 valence electrons. The van der Waals surface area contributed by atoms with Gasteiger partial charge in [-0.05, 0) is 49.3 Å². The number of likely N-dealkylation sites (N-methyl/N-ethyl adjacent to an activating group) is 1. The Kier molecular flexibility index (Phi) is 8.61. The molecule has 0 aliphatic rings. The molecule has 0 saturated heterocycles. The van der Waals surface area contributed by atoms with Crippen LogP contribution in [0.1, 0.15) is 16.7 Å². The maximum absolute atomic E-state index is 11.0. The first-order valence-electron chi connectivity index (χ1n) is 10.9. The lowest BCUT2D eigenvalue weighted by Gasteiger charge is -2.14. The molecule has 0 aliphatic heterocycles. The van der Waals surface area contributed by atoms with Crippen LogP contribution < -0.4 is 4.74 Å². The minimum atomic E-state index is -0.863. The van der Waals surface area contributed by atoms with Crippen LogP contribution in [0.3, 0.4) is 0 Å². The summed E-state index contributed by atoms with van der Waals surface area (Å²) in [6.07, 6.45) is -0.0270. The van der Waals surface area contributed by atoms with Gasteiger partial charge in [0.15, 0.2) is 6.61 Å². The number of carboxylic acids is 1. The van der Waals surface area contributed by atoms with E-state index in [1.807, 2.05) is 50.2 Å². The Morgan fingerprint density at radius 3 is 2.27 bits per heavy atom. The lowest BCUT2D eigenvalue weighted by molar-refractivity contribution is -0.136. The van der Waals surface area contributed by atoms with Crippen molar-refractivity contribution in [2.75, 3.05) is 33.9 Å². The van der Waals surface area contributed by atoms with Crippen LogP contribution in [0, 0.1) is 6.92 Å². The minimum absolute atomic E-state index is 0.0270. The summed E-state index contributed by atoms with van der Waals surface area (Å²) in [5, 5.41) is 13.4. The first-order valence-corrected chi connectivity index (χ1v) is 10.9. The first-order chi connectivity index (χ1) is 15.9. The highest BCUT2D eigenvalue weighted by molar-refractivity contribution is 6.02. The first kappa shape index (κ1) is 24.0. The zero-order valence-electron chi connectivity index (χ0n) is 19.3. The van der Waals surface area contributed by atoms with Crippen LogP contribution >= 0.6 is 0 Å². The Balaban J connectivity index is 1.61. The molecule has 0 saturated carbocycles. The summed E-state index contributed by atoms with van der Waals surface area (Å²) < 4.78 is 5.79. The number of aliphatic carboxylic acids is 1. The Hall–Kier alpha value is -3.64. The lowest BCUT2D eigenvalue weighted by Crippen LogP contribution is -2.23. The highest BCUT2D eigenvalue weighted by Crippen LogP contribution is 2.22. The quantitative estimate of drug-likeness (QED) is 0.264. The van der Waals surface area contributed by atoms with Gasteiger partial charge < -0.3 is 19.6 Å². The lowest BCUT2D eigenvalue weighted by atomic mass is 10.0. The predicted molar refractivity (Wildman–Crippen MR) is 131 cm³/mol. The molecule has 33 heavy (non-hydrogen) atoms. The standard InChI is InChI=1S/C27H30N2O4/c1-20-24(18-27(30)31)10-7-11-26(20)32-16-17-33-28-25(19-29(2)3)23-14-12-22(13-15-23)21-8-5-4-6-9-21/h4-15H,16-19H2,1-3H3,(H,30,31). The molecule has 3 rings (SSSR count). The second-order valence-electron chi connectivity index (χ2n) is 8.01. The van der Waals surface area contributed by atoms with Gasteiger partial charge in [-0.3, -0.25) is 4.79 Å². The zero-order chi connectivity index (χ0) is 23.6. The molecular formula is C27H30N2O4. The van der Waals surface area contributed by atoms with Gasteiger partial charge in [0, 0.05) is 12.1 Å². The van der Waals surface area contributed by atoms with E-state index < -0.39 is 5.97 Å². The third-order valence-electron chi connectivity index (χ3n) is 5.14. The highest BCUT2D eigenvalue weighted by atomic mass is 16.6. The van der Waals surface area contributed by atoms with E-state index in [0.717, 1.165) is 28.0 Å². The molecule has 0 unspecified atom stereocenters. The van der Waals surface area contributed by atoms with Crippen molar-refractivity contribution in [2.24, 2.45) is 5.16 Å². The SMILES string of the molecule is Cc1c(CC(=O)O)cccc1OCCON=C(CN(C)C)c1ccc(-c2ccccc2)cc1. The van der Waals surface area contributed by atoms with Gasteiger partial charge in [0.1, 0.15) is 18.1 Å². The topological polar surface area (TPSA) is 71.4 Å². The van der Waals surface area contributed by atoms with Gasteiger partial charge >= 0.3 is 5.97 Å². The number of nitrogens with zero attached hydrogens (tertiary/aromatic N) is 2. The summed E-state index contributed by atoms with van der Waals surface area (Å²) in [5.41, 5.74) is 5.73. The molecule has 3 aromatic rings. The molecule has 0 amide bonds. The van der Waals surface area contributed by atoms with Crippen LogP contribution in [0.25, 0.3) is 11.1 Å². The molecule has 0 atom stereocenters. The Bertz CT molecular complexity index is 1080. The van der Waals surface area contributed by atoms with Gasteiger partial charge in [0.2, 0.25) is 0 Å². The number of oxime groups is 1. The number of rotatable bonds is 11. The maximum Gasteiger partial charge on any atom is 0.307 e. The molecule has 3 aromatic carbocycles. The van der Waals surface area contributed by atoms with E-state index in [9.17, 15) is 4.79 Å². The molecule has 6 heteroatoms. The van der Waals surface area contributed by atoms with Crippen LogP contribution in [0.4, 0.5) is 0 Å². The normalized spacial score (nSPS) is 11.5. The molecule has 0 radical (unpaired) electrons. The van der Waals surface area contributed by atoms with Crippen molar-refractivity contribution in [3.63, 3.8) is 0 Å². The van der Waals surface area contributed by atoms with Gasteiger partial charge in [-0.15, -0.1) is 0 Å². The minimum Gasteiger partial charge on any atom is -0.490 e. The van der Waals surface area contributed by atoms with Crippen LogP contribution in [0.2, 0.25) is 0 Å². The van der Waals surface area contributed by atoms with Gasteiger partial charge in [0.05, 0.1) is 6.42 Å². The van der Waals surface area contributed by atoms with E-state index in [4.69, 9.17) is 14.7 Å². The summed E-state index contributed by atoms with van der Waals surface area (Å²) in [5.74, 6) is -0.204. The van der Waals surface area contributed by atoms with E-state index in [1.54, 1.807) is 12.1 Å². The molecule has 0 aromatic heterocycles. The van der Waals surface area contributed by atoms with Crippen molar-refractivity contribution >= 4 is 11.7 Å². The van der Waals surface area contributed by atoms with Crippen LogP contribution in [-0.4, -0.2) is 55.5 Å². The van der Waals surface area contributed by atoms with E-state index in [2.05, 4.69) is 41.6 Å².